The molecular formula is C24H24N4O4. The quantitative estimate of drug-likeness (QED) is 0.350. The number of imidazole rings is 1. The summed E-state index contributed by atoms with van der Waals surface area (Å²) in [5.41, 5.74) is 1.82. The molecule has 1 N–H and O–H groups in total. The number of hydrogen-bond acceptors (Lipinski definition) is 6. The average Bonchev–Trinajstić information content (AvgIpc) is 3.41. The lowest BCUT2D eigenvalue weighted by atomic mass is 9.97. The van der Waals surface area contributed by atoms with Gasteiger partial charge in [-0.15, -0.1) is 0 Å². The molecular weight excluding hydrogens is 408 g/mol. The van der Waals surface area contributed by atoms with Gasteiger partial charge in [0.1, 0.15) is 17.6 Å². The number of aliphatic hydroxyl groups is 1. The summed E-state index contributed by atoms with van der Waals surface area (Å²) < 4.78 is 7.19. The van der Waals surface area contributed by atoms with Crippen LogP contribution in [-0.2, 0) is 16.1 Å². The minimum Gasteiger partial charge on any atom is -0.507 e. The first-order valence-corrected chi connectivity index (χ1v) is 10.3. The van der Waals surface area contributed by atoms with Gasteiger partial charge in [0.05, 0.1) is 24.7 Å². The van der Waals surface area contributed by atoms with Crippen LogP contribution >= 0.6 is 0 Å². The van der Waals surface area contributed by atoms with Crippen molar-refractivity contribution < 1.29 is 19.4 Å². The Bertz CT molecular complexity index is 1160. The van der Waals surface area contributed by atoms with E-state index in [4.69, 9.17) is 4.74 Å². The SMILES string of the molecule is COc1ccc(/C(O)=C2\C(=O)C(=O)N(CCCn3ccnc3)C2c2ccccn2)cc1C. The summed E-state index contributed by atoms with van der Waals surface area (Å²) in [6.07, 6.45) is 7.47. The minimum absolute atomic E-state index is 0.0425. The molecule has 1 aromatic carbocycles. The summed E-state index contributed by atoms with van der Waals surface area (Å²) >= 11 is 0. The molecule has 32 heavy (non-hydrogen) atoms. The zero-order valence-electron chi connectivity index (χ0n) is 17.9. The van der Waals surface area contributed by atoms with Gasteiger partial charge in [0.25, 0.3) is 11.7 Å². The number of pyridine rings is 1. The first kappa shape index (κ1) is 21.3. The standard InChI is InChI=1S/C24H24N4O4/c1-16-14-17(7-8-19(16)32-2)22(29)20-21(18-6-3-4-9-26-18)28(24(31)23(20)30)12-5-11-27-13-10-25-15-27/h3-4,6-10,13-15,21,29H,5,11-12H2,1-2H3/b22-20+. The van der Waals surface area contributed by atoms with Gasteiger partial charge in [-0.1, -0.05) is 6.07 Å². The number of rotatable bonds is 7. The van der Waals surface area contributed by atoms with E-state index in [-0.39, 0.29) is 11.3 Å². The van der Waals surface area contributed by atoms with Crippen molar-refractivity contribution in [2.24, 2.45) is 0 Å². The number of carbonyl (C=O) groups is 2. The molecule has 1 amide bonds. The van der Waals surface area contributed by atoms with Crippen molar-refractivity contribution in [1.82, 2.24) is 19.4 Å². The number of ketones is 1. The Balaban J connectivity index is 1.72. The molecule has 3 aromatic rings. The van der Waals surface area contributed by atoms with Crippen LogP contribution in [0.15, 0.2) is 66.9 Å². The highest BCUT2D eigenvalue weighted by Gasteiger charge is 2.46. The van der Waals surface area contributed by atoms with Crippen LogP contribution in [0.5, 0.6) is 5.75 Å². The van der Waals surface area contributed by atoms with Crippen molar-refractivity contribution in [3.05, 3.63) is 83.7 Å². The van der Waals surface area contributed by atoms with Gasteiger partial charge in [0.15, 0.2) is 0 Å². The Morgan fingerprint density at radius 2 is 2.00 bits per heavy atom. The van der Waals surface area contributed by atoms with Gasteiger partial charge < -0.3 is 19.3 Å². The number of aliphatic hydroxyl groups excluding tert-OH is 1. The predicted octanol–water partition coefficient (Wildman–Crippen LogP) is 3.11. The Kier molecular flexibility index (Phi) is 6.02. The van der Waals surface area contributed by atoms with E-state index < -0.39 is 17.7 Å². The van der Waals surface area contributed by atoms with E-state index >= 15 is 0 Å². The van der Waals surface area contributed by atoms with Crippen LogP contribution in [0.1, 0.15) is 29.3 Å². The van der Waals surface area contributed by atoms with E-state index in [1.165, 1.54) is 4.90 Å². The number of Topliss-reactive ketones (excluding diaryl/α,β-unsaturated/α-hetero) is 1. The topological polar surface area (TPSA) is 97.6 Å². The zero-order chi connectivity index (χ0) is 22.7. The number of aromatic nitrogens is 3. The molecule has 4 rings (SSSR count). The molecule has 0 aliphatic carbocycles. The summed E-state index contributed by atoms with van der Waals surface area (Å²) in [5.74, 6) is -0.906. The number of benzene rings is 1. The van der Waals surface area contributed by atoms with E-state index in [0.29, 0.717) is 36.5 Å². The second-order valence-electron chi connectivity index (χ2n) is 7.59. The molecule has 3 heterocycles. The summed E-state index contributed by atoms with van der Waals surface area (Å²) in [6, 6.07) is 9.68. The molecule has 1 saturated heterocycles. The second kappa shape index (κ2) is 9.05. The van der Waals surface area contributed by atoms with E-state index in [0.717, 1.165) is 5.56 Å². The largest absolute Gasteiger partial charge is 0.507 e. The summed E-state index contributed by atoms with van der Waals surface area (Å²) in [4.78, 5) is 35.9. The lowest BCUT2D eigenvalue weighted by Crippen LogP contribution is -2.31. The first-order chi connectivity index (χ1) is 15.5. The van der Waals surface area contributed by atoms with Crippen LogP contribution in [0.2, 0.25) is 0 Å². The average molecular weight is 432 g/mol. The van der Waals surface area contributed by atoms with Crippen molar-refractivity contribution in [3.8, 4) is 5.75 Å². The highest BCUT2D eigenvalue weighted by atomic mass is 16.5. The molecule has 1 fully saturated rings. The molecule has 1 aliphatic rings. The van der Waals surface area contributed by atoms with E-state index in [9.17, 15) is 14.7 Å². The first-order valence-electron chi connectivity index (χ1n) is 10.3. The Labute approximate surface area is 185 Å². The second-order valence-corrected chi connectivity index (χ2v) is 7.59. The fourth-order valence-corrected chi connectivity index (χ4v) is 3.98. The molecule has 0 spiro atoms. The summed E-state index contributed by atoms with van der Waals surface area (Å²) in [6.45, 7) is 2.83. The third-order valence-corrected chi connectivity index (χ3v) is 5.55. The van der Waals surface area contributed by atoms with Crippen LogP contribution in [0.3, 0.4) is 0 Å². The van der Waals surface area contributed by atoms with Crippen molar-refractivity contribution in [1.29, 1.82) is 0 Å². The van der Waals surface area contributed by atoms with Crippen LogP contribution in [-0.4, -0.2) is 49.9 Å². The van der Waals surface area contributed by atoms with Gasteiger partial charge in [-0.2, -0.15) is 0 Å². The lowest BCUT2D eigenvalue weighted by Gasteiger charge is -2.24. The fourth-order valence-electron chi connectivity index (χ4n) is 3.98. The van der Waals surface area contributed by atoms with Crippen LogP contribution < -0.4 is 4.74 Å². The van der Waals surface area contributed by atoms with Crippen molar-refractivity contribution in [2.75, 3.05) is 13.7 Å². The predicted molar refractivity (Wildman–Crippen MR) is 118 cm³/mol. The summed E-state index contributed by atoms with van der Waals surface area (Å²) in [7, 11) is 1.57. The zero-order valence-corrected chi connectivity index (χ0v) is 17.9. The van der Waals surface area contributed by atoms with Crippen LogP contribution in [0.4, 0.5) is 0 Å². The van der Waals surface area contributed by atoms with Crippen molar-refractivity contribution in [2.45, 2.75) is 25.9 Å². The van der Waals surface area contributed by atoms with Gasteiger partial charge in [-0.3, -0.25) is 14.6 Å². The fraction of sp³-hybridized carbons (Fsp3) is 0.250. The number of ether oxygens (including phenoxy) is 1. The van der Waals surface area contributed by atoms with E-state index in [1.807, 2.05) is 17.7 Å². The monoisotopic (exact) mass is 432 g/mol. The summed E-state index contributed by atoms with van der Waals surface area (Å²) in [5, 5.41) is 11.1. The number of aryl methyl sites for hydroxylation is 2. The van der Waals surface area contributed by atoms with Gasteiger partial charge in [-0.25, -0.2) is 4.98 Å². The molecule has 8 heteroatoms. The third kappa shape index (κ3) is 3.99. The van der Waals surface area contributed by atoms with Gasteiger partial charge in [0.2, 0.25) is 0 Å². The molecule has 1 aliphatic heterocycles. The van der Waals surface area contributed by atoms with Gasteiger partial charge >= 0.3 is 0 Å². The maximum Gasteiger partial charge on any atom is 0.295 e. The number of amides is 1. The molecule has 164 valence electrons. The van der Waals surface area contributed by atoms with E-state index in [2.05, 4.69) is 9.97 Å². The third-order valence-electron chi connectivity index (χ3n) is 5.55. The lowest BCUT2D eigenvalue weighted by molar-refractivity contribution is -0.140. The molecule has 1 unspecified atom stereocenters. The normalized spacial score (nSPS) is 17.7. The number of likely N-dealkylation sites (tertiary alicyclic amines) is 1. The molecule has 0 radical (unpaired) electrons. The smallest absolute Gasteiger partial charge is 0.295 e. The number of hydrogen-bond donors (Lipinski definition) is 1. The Morgan fingerprint density at radius 3 is 2.66 bits per heavy atom. The number of carbonyl (C=O) groups excluding carboxylic acids is 2. The Morgan fingerprint density at radius 1 is 1.16 bits per heavy atom. The number of nitrogens with zero attached hydrogens (tertiary/aromatic N) is 4. The molecule has 0 bridgehead atoms. The minimum atomic E-state index is -0.763. The van der Waals surface area contributed by atoms with E-state index in [1.54, 1.807) is 62.2 Å². The van der Waals surface area contributed by atoms with Crippen molar-refractivity contribution in [3.63, 3.8) is 0 Å². The number of methoxy groups -OCH3 is 1. The van der Waals surface area contributed by atoms with Gasteiger partial charge in [0, 0.05) is 37.2 Å². The highest BCUT2D eigenvalue weighted by molar-refractivity contribution is 6.46. The van der Waals surface area contributed by atoms with Crippen LogP contribution in [0, 0.1) is 6.92 Å². The molecule has 0 saturated carbocycles. The highest BCUT2D eigenvalue weighted by Crippen LogP contribution is 2.39. The van der Waals surface area contributed by atoms with Crippen LogP contribution in [0.25, 0.3) is 5.76 Å². The maximum absolute atomic E-state index is 13.0. The molecule has 2 aromatic heterocycles. The molecule has 1 atom stereocenters. The molecule has 8 nitrogen and oxygen atoms in total. The van der Waals surface area contributed by atoms with Gasteiger partial charge in [-0.05, 0) is 49.2 Å². The van der Waals surface area contributed by atoms with Crippen molar-refractivity contribution >= 4 is 17.4 Å². The Hall–Kier alpha value is -3.94. The maximum atomic E-state index is 13.0.